The zero-order valence-corrected chi connectivity index (χ0v) is 33.2. The van der Waals surface area contributed by atoms with Crippen molar-refractivity contribution in [3.8, 4) is 56.4 Å². The van der Waals surface area contributed by atoms with E-state index in [-0.39, 0.29) is 0 Å². The Morgan fingerprint density at radius 2 is 0.742 bits per heavy atom. The molecule has 0 N–H and O–H groups in total. The second kappa shape index (κ2) is 14.9. The lowest BCUT2D eigenvalue weighted by atomic mass is 9.83. The third-order valence-corrected chi connectivity index (χ3v) is 11.6. The second-order valence-corrected chi connectivity index (χ2v) is 15.4. The standard InChI is InChI=1S/C52H34B3O7/c1-5-17-35(18-6-1)45-33-39-31-29-37-21-13-15-27-43(37)47(39)51-49(45)50-46(36-19-7-2-8-20-36)34-40-32-30-38-22-14-16-28-44(38)48(40)52(50)59-55(58-51)61-53(56-41-23-9-3-10-24-41)60-54(62-55)57-42-25-11-4-12-26-42/h1-34H/q-1. The summed E-state index contributed by atoms with van der Waals surface area (Å²) in [5.41, 5.74) is 5.53. The third-order valence-electron chi connectivity index (χ3n) is 11.6. The van der Waals surface area contributed by atoms with Gasteiger partial charge in [0.15, 0.2) is 0 Å². The highest BCUT2D eigenvalue weighted by molar-refractivity contribution is 6.75. The van der Waals surface area contributed by atoms with E-state index in [1.165, 1.54) is 0 Å². The molecule has 0 atom stereocenters. The molecule has 0 aromatic heterocycles. The van der Waals surface area contributed by atoms with E-state index >= 15 is 0 Å². The molecule has 1 saturated heterocycles. The molecule has 10 aromatic carbocycles. The Morgan fingerprint density at radius 3 is 1.18 bits per heavy atom. The lowest BCUT2D eigenvalue weighted by molar-refractivity contribution is 0.0723. The maximum Gasteiger partial charge on any atom is 0.662 e. The monoisotopic (exact) mass is 803 g/mol. The molecule has 2 heterocycles. The summed E-state index contributed by atoms with van der Waals surface area (Å²) in [4.78, 5) is 0. The van der Waals surface area contributed by atoms with Gasteiger partial charge < -0.3 is 32.3 Å². The van der Waals surface area contributed by atoms with Crippen molar-refractivity contribution < 1.29 is 32.3 Å². The van der Waals surface area contributed by atoms with Crippen molar-refractivity contribution in [2.24, 2.45) is 0 Å². The van der Waals surface area contributed by atoms with Gasteiger partial charge in [-0.05, 0) is 91.0 Å². The van der Waals surface area contributed by atoms with E-state index in [1.54, 1.807) is 0 Å². The van der Waals surface area contributed by atoms with Crippen molar-refractivity contribution in [2.75, 3.05) is 0 Å². The molecule has 0 radical (unpaired) electrons. The minimum atomic E-state index is -3.36. The number of benzene rings is 10. The molecule has 0 unspecified atom stereocenters. The van der Waals surface area contributed by atoms with Gasteiger partial charge in [0.25, 0.3) is 0 Å². The van der Waals surface area contributed by atoms with Gasteiger partial charge in [-0.15, -0.1) is 0 Å². The molecule has 2 aliphatic rings. The predicted octanol–water partition coefficient (Wildman–Crippen LogP) is 12.7. The van der Waals surface area contributed by atoms with Gasteiger partial charge in [0, 0.05) is 21.9 Å². The minimum Gasteiger partial charge on any atom is -0.635 e. The van der Waals surface area contributed by atoms with Crippen LogP contribution in [0.1, 0.15) is 0 Å². The van der Waals surface area contributed by atoms with E-state index in [0.29, 0.717) is 23.0 Å². The summed E-state index contributed by atoms with van der Waals surface area (Å²) in [7, 11) is -2.80. The van der Waals surface area contributed by atoms with Crippen molar-refractivity contribution in [1.29, 1.82) is 0 Å². The maximum absolute atomic E-state index is 7.50. The number of rotatable bonds is 6. The third kappa shape index (κ3) is 6.32. The quantitative estimate of drug-likeness (QED) is 0.123. The first kappa shape index (κ1) is 36.4. The van der Waals surface area contributed by atoms with Crippen molar-refractivity contribution in [1.82, 2.24) is 0 Å². The topological polar surface area (TPSA) is 64.6 Å². The van der Waals surface area contributed by atoms with Crippen LogP contribution in [0.15, 0.2) is 206 Å². The Labute approximate surface area is 358 Å². The summed E-state index contributed by atoms with van der Waals surface area (Å²) in [6.07, 6.45) is 0. The summed E-state index contributed by atoms with van der Waals surface area (Å²) < 4.78 is 47.9. The maximum atomic E-state index is 7.50. The SMILES string of the molecule is c1ccc(OB2OB(Oc3ccccc3)O[B-]3(O2)Oc2c(c(-c4ccccc4)cc4ccc5ccccc5c24)-c2c(-c4ccccc4)cc4ccc5ccccc5c4c2O3)cc1. The summed E-state index contributed by atoms with van der Waals surface area (Å²) in [5.74, 6) is 2.05. The van der Waals surface area contributed by atoms with E-state index in [1.807, 2.05) is 97.1 Å². The number of fused-ring (bicyclic) bond motifs is 11. The number of hydrogen-bond donors (Lipinski definition) is 0. The smallest absolute Gasteiger partial charge is 0.635 e. The largest absolute Gasteiger partial charge is 0.662 e. The highest BCUT2D eigenvalue weighted by Crippen LogP contribution is 2.57. The normalized spacial score (nSPS) is 14.3. The van der Waals surface area contributed by atoms with Crippen LogP contribution in [0, 0.1) is 0 Å². The summed E-state index contributed by atoms with van der Waals surface area (Å²) in [6.45, 7) is -3.36. The molecular weight excluding hydrogens is 769 g/mol. The van der Waals surface area contributed by atoms with Crippen LogP contribution < -0.4 is 18.6 Å². The van der Waals surface area contributed by atoms with Crippen molar-refractivity contribution in [2.45, 2.75) is 0 Å². The first-order valence-electron chi connectivity index (χ1n) is 20.7. The molecule has 1 fully saturated rings. The highest BCUT2D eigenvalue weighted by Gasteiger charge is 2.56. The molecule has 10 heteroatoms. The Morgan fingerprint density at radius 1 is 0.371 bits per heavy atom. The molecule has 294 valence electrons. The summed E-state index contributed by atoms with van der Waals surface area (Å²) in [6, 6.07) is 69.1. The Kier molecular flexibility index (Phi) is 8.74. The zero-order valence-electron chi connectivity index (χ0n) is 33.2. The van der Waals surface area contributed by atoms with Gasteiger partial charge in [-0.1, -0.05) is 170 Å². The van der Waals surface area contributed by atoms with Crippen LogP contribution in [-0.4, -0.2) is 21.6 Å². The van der Waals surface area contributed by atoms with Gasteiger partial charge in [-0.25, -0.2) is 0 Å². The average molecular weight is 803 g/mol. The van der Waals surface area contributed by atoms with Gasteiger partial charge in [0.2, 0.25) is 0 Å². The van der Waals surface area contributed by atoms with Crippen LogP contribution in [0.5, 0.6) is 23.0 Å². The average Bonchev–Trinajstić information content (AvgIpc) is 3.46. The lowest BCUT2D eigenvalue weighted by Gasteiger charge is -2.46. The van der Waals surface area contributed by atoms with E-state index in [9.17, 15) is 0 Å². The van der Waals surface area contributed by atoms with E-state index in [0.717, 1.165) is 76.5 Å². The first-order valence-corrected chi connectivity index (χ1v) is 20.7. The van der Waals surface area contributed by atoms with Gasteiger partial charge >= 0.3 is 21.6 Å². The van der Waals surface area contributed by atoms with Crippen LogP contribution in [0.3, 0.4) is 0 Å². The van der Waals surface area contributed by atoms with E-state index in [4.69, 9.17) is 32.3 Å². The van der Waals surface area contributed by atoms with Crippen LogP contribution in [0.4, 0.5) is 0 Å². The molecule has 1 spiro atoms. The summed E-state index contributed by atoms with van der Waals surface area (Å²) in [5, 5.41) is 7.73. The minimum absolute atomic E-state index is 0.504. The number of hydrogen-bond acceptors (Lipinski definition) is 7. The predicted molar refractivity (Wildman–Crippen MR) is 249 cm³/mol. The Hall–Kier alpha value is -7.49. The molecule has 0 saturated carbocycles. The number of para-hydroxylation sites is 2. The second-order valence-electron chi connectivity index (χ2n) is 15.4. The fourth-order valence-electron chi connectivity index (χ4n) is 8.91. The molecule has 12 rings (SSSR count). The highest BCUT2D eigenvalue weighted by atomic mass is 17.0. The Bertz CT molecular complexity index is 3080. The zero-order chi connectivity index (χ0) is 41.0. The molecule has 7 nitrogen and oxygen atoms in total. The molecule has 0 bridgehead atoms. The van der Waals surface area contributed by atoms with Crippen LogP contribution >= 0.6 is 0 Å². The van der Waals surface area contributed by atoms with E-state index in [2.05, 4.69) is 109 Å². The fourth-order valence-corrected chi connectivity index (χ4v) is 8.91. The molecule has 10 aromatic rings. The van der Waals surface area contributed by atoms with Crippen LogP contribution in [0.2, 0.25) is 0 Å². The van der Waals surface area contributed by atoms with Gasteiger partial charge in [-0.2, -0.15) is 0 Å². The van der Waals surface area contributed by atoms with Crippen LogP contribution in [0.25, 0.3) is 76.5 Å². The van der Waals surface area contributed by atoms with Gasteiger partial charge in [-0.3, -0.25) is 0 Å². The van der Waals surface area contributed by atoms with Crippen molar-refractivity contribution in [3.05, 3.63) is 206 Å². The fraction of sp³-hybridized carbons (Fsp3) is 0. The van der Waals surface area contributed by atoms with Crippen molar-refractivity contribution >= 4 is 64.7 Å². The van der Waals surface area contributed by atoms with Crippen molar-refractivity contribution in [3.63, 3.8) is 0 Å². The lowest BCUT2D eigenvalue weighted by Crippen LogP contribution is -2.68. The van der Waals surface area contributed by atoms with E-state index < -0.39 is 21.6 Å². The molecule has 62 heavy (non-hydrogen) atoms. The molecule has 0 aliphatic carbocycles. The molecular formula is C52H34B3O7-. The van der Waals surface area contributed by atoms with Gasteiger partial charge in [0.1, 0.15) is 11.5 Å². The summed E-state index contributed by atoms with van der Waals surface area (Å²) >= 11 is 0. The van der Waals surface area contributed by atoms with Gasteiger partial charge in [0.05, 0.1) is 11.5 Å². The molecule has 2 aliphatic heterocycles. The molecule has 0 amide bonds. The van der Waals surface area contributed by atoms with Crippen LogP contribution in [-0.2, 0) is 13.7 Å². The first-order chi connectivity index (χ1) is 30.7. The Balaban J connectivity index is 1.23.